The minimum atomic E-state index is 0.341. The lowest BCUT2D eigenvalue weighted by atomic mass is 10.1. The topological polar surface area (TPSA) is 45.8 Å². The van der Waals surface area contributed by atoms with Gasteiger partial charge in [0.05, 0.1) is 0 Å². The maximum Gasteiger partial charge on any atom is 0.231 e. The number of benzene rings is 2. The van der Waals surface area contributed by atoms with E-state index in [9.17, 15) is 0 Å². The second-order valence-electron chi connectivity index (χ2n) is 7.23. The zero-order valence-corrected chi connectivity index (χ0v) is 14.8. The van der Waals surface area contributed by atoms with E-state index < -0.39 is 0 Å². The van der Waals surface area contributed by atoms with Gasteiger partial charge < -0.3 is 28.7 Å². The van der Waals surface area contributed by atoms with E-state index in [0.717, 1.165) is 36.1 Å². The van der Waals surface area contributed by atoms with Gasteiger partial charge in [0.2, 0.25) is 13.6 Å². The summed E-state index contributed by atoms with van der Waals surface area (Å²) in [4.78, 5) is 3.27. The minimum Gasteiger partial charge on any atom is -0.454 e. The van der Waals surface area contributed by atoms with E-state index in [1.54, 1.807) is 9.80 Å². The van der Waals surface area contributed by atoms with Gasteiger partial charge in [-0.15, -0.1) is 0 Å². The molecule has 2 aromatic carbocycles. The Balaban J connectivity index is 1.15. The molecule has 0 unspecified atom stereocenters. The van der Waals surface area contributed by atoms with Gasteiger partial charge >= 0.3 is 0 Å². The molecule has 6 nitrogen and oxygen atoms in total. The first-order chi connectivity index (χ1) is 12.8. The van der Waals surface area contributed by atoms with Crippen LogP contribution in [-0.4, -0.2) is 39.8 Å². The van der Waals surface area contributed by atoms with Crippen molar-refractivity contribution in [3.05, 3.63) is 47.5 Å². The average Bonchev–Trinajstić information content (AvgIpc) is 3.31. The smallest absolute Gasteiger partial charge is 0.231 e. The number of rotatable bonds is 4. The molecule has 0 radical (unpaired) electrons. The van der Waals surface area contributed by atoms with E-state index in [1.807, 2.05) is 12.1 Å². The van der Waals surface area contributed by atoms with Gasteiger partial charge in [-0.25, -0.2) is 0 Å². The Kier molecular flexibility index (Phi) is 4.07. The third kappa shape index (κ3) is 3.18. The van der Waals surface area contributed by atoms with Crippen molar-refractivity contribution >= 4 is 0 Å². The van der Waals surface area contributed by atoms with E-state index in [1.165, 1.54) is 37.3 Å². The van der Waals surface area contributed by atoms with Crippen molar-refractivity contribution in [2.75, 3.05) is 39.8 Å². The summed E-state index contributed by atoms with van der Waals surface area (Å²) in [5.41, 5.74) is 2.65. The van der Waals surface area contributed by atoms with Gasteiger partial charge in [-0.2, -0.15) is 0 Å². The lowest BCUT2D eigenvalue weighted by Crippen LogP contribution is -3.27. The quantitative estimate of drug-likeness (QED) is 0.785. The molecule has 1 fully saturated rings. The highest BCUT2D eigenvalue weighted by Gasteiger charge is 2.24. The third-order valence-electron chi connectivity index (χ3n) is 5.45. The minimum absolute atomic E-state index is 0.341. The fourth-order valence-corrected chi connectivity index (χ4v) is 3.99. The monoisotopic (exact) mass is 356 g/mol. The predicted octanol–water partition coefficient (Wildman–Crippen LogP) is -0.372. The predicted molar refractivity (Wildman–Crippen MR) is 93.9 cm³/mol. The highest BCUT2D eigenvalue weighted by Crippen LogP contribution is 2.33. The van der Waals surface area contributed by atoms with Gasteiger partial charge in [-0.3, -0.25) is 0 Å². The number of fused-ring (bicyclic) bond motifs is 2. The van der Waals surface area contributed by atoms with Gasteiger partial charge in [0, 0.05) is 11.1 Å². The molecular formula is C20H24N2O4+2. The van der Waals surface area contributed by atoms with Crippen molar-refractivity contribution in [2.24, 2.45) is 0 Å². The maximum atomic E-state index is 5.49. The van der Waals surface area contributed by atoms with Crippen molar-refractivity contribution in [3.8, 4) is 23.0 Å². The summed E-state index contributed by atoms with van der Waals surface area (Å²) in [5, 5.41) is 0. The molecule has 0 atom stereocenters. The number of nitrogens with one attached hydrogen (secondary N) is 2. The fraction of sp³-hybridized carbons (Fsp3) is 0.400. The molecule has 2 N–H and O–H groups in total. The van der Waals surface area contributed by atoms with Crippen LogP contribution in [0.15, 0.2) is 36.4 Å². The number of ether oxygens (including phenoxy) is 4. The van der Waals surface area contributed by atoms with Crippen LogP contribution in [0, 0.1) is 0 Å². The summed E-state index contributed by atoms with van der Waals surface area (Å²) in [6.45, 7) is 7.54. The summed E-state index contributed by atoms with van der Waals surface area (Å²) in [7, 11) is 0. The van der Waals surface area contributed by atoms with Crippen molar-refractivity contribution < 1.29 is 28.7 Å². The molecule has 3 heterocycles. The van der Waals surface area contributed by atoms with E-state index in [2.05, 4.69) is 24.3 Å². The Morgan fingerprint density at radius 2 is 1.00 bits per heavy atom. The van der Waals surface area contributed by atoms with Crippen LogP contribution in [0.5, 0.6) is 23.0 Å². The van der Waals surface area contributed by atoms with Gasteiger partial charge in [-0.05, 0) is 36.4 Å². The maximum absolute atomic E-state index is 5.49. The Morgan fingerprint density at radius 1 is 0.577 bits per heavy atom. The van der Waals surface area contributed by atoms with Crippen molar-refractivity contribution in [1.82, 2.24) is 0 Å². The van der Waals surface area contributed by atoms with Crippen LogP contribution >= 0.6 is 0 Å². The number of hydrogen-bond acceptors (Lipinski definition) is 4. The van der Waals surface area contributed by atoms with Gasteiger partial charge in [0.1, 0.15) is 39.3 Å². The number of quaternary nitrogens is 2. The van der Waals surface area contributed by atoms with Crippen molar-refractivity contribution in [1.29, 1.82) is 0 Å². The second kappa shape index (κ2) is 6.70. The first-order valence-electron chi connectivity index (χ1n) is 9.28. The van der Waals surface area contributed by atoms with E-state index in [0.29, 0.717) is 13.6 Å². The van der Waals surface area contributed by atoms with E-state index >= 15 is 0 Å². The second-order valence-corrected chi connectivity index (χ2v) is 7.23. The Bertz CT molecular complexity index is 735. The van der Waals surface area contributed by atoms with Gasteiger partial charge in [0.25, 0.3) is 0 Å². The van der Waals surface area contributed by atoms with E-state index in [4.69, 9.17) is 18.9 Å². The summed E-state index contributed by atoms with van der Waals surface area (Å²) < 4.78 is 21.8. The number of piperazine rings is 1. The zero-order valence-electron chi connectivity index (χ0n) is 14.8. The van der Waals surface area contributed by atoms with E-state index in [-0.39, 0.29) is 0 Å². The third-order valence-corrected chi connectivity index (χ3v) is 5.45. The molecule has 6 heteroatoms. The molecular weight excluding hydrogens is 332 g/mol. The summed E-state index contributed by atoms with van der Waals surface area (Å²) >= 11 is 0. The van der Waals surface area contributed by atoms with Gasteiger partial charge in [0.15, 0.2) is 23.0 Å². The normalized spacial score (nSPS) is 23.2. The fourth-order valence-electron chi connectivity index (χ4n) is 3.99. The average molecular weight is 356 g/mol. The van der Waals surface area contributed by atoms with Crippen LogP contribution in [-0.2, 0) is 13.1 Å². The van der Waals surface area contributed by atoms with Crippen LogP contribution in [0.3, 0.4) is 0 Å². The number of hydrogen-bond donors (Lipinski definition) is 2. The first kappa shape index (κ1) is 15.8. The standard InChI is InChI=1S/C20H22N2O4/c1-3-17-19(25-13-23-17)9-15(1)11-21-5-7-22(8-6-21)12-16-2-4-18-20(10-16)26-14-24-18/h1-4,9-10H,5-8,11-14H2/p+2. The first-order valence-corrected chi connectivity index (χ1v) is 9.28. The molecule has 136 valence electrons. The van der Waals surface area contributed by atoms with Crippen LogP contribution < -0.4 is 28.7 Å². The molecule has 0 amide bonds. The van der Waals surface area contributed by atoms with Crippen LogP contribution in [0.25, 0.3) is 0 Å². The lowest BCUT2D eigenvalue weighted by molar-refractivity contribution is -1.02. The molecule has 0 aromatic heterocycles. The van der Waals surface area contributed by atoms with Gasteiger partial charge in [-0.1, -0.05) is 0 Å². The van der Waals surface area contributed by atoms with Crippen molar-refractivity contribution in [3.63, 3.8) is 0 Å². The Morgan fingerprint density at radius 3 is 1.46 bits per heavy atom. The van der Waals surface area contributed by atoms with Crippen LogP contribution in [0.1, 0.15) is 11.1 Å². The molecule has 5 rings (SSSR count). The molecule has 3 aliphatic heterocycles. The Hall–Kier alpha value is -2.44. The van der Waals surface area contributed by atoms with Crippen LogP contribution in [0.2, 0.25) is 0 Å². The molecule has 3 aliphatic rings. The summed E-state index contributed by atoms with van der Waals surface area (Å²) in [5.74, 6) is 3.49. The van der Waals surface area contributed by atoms with Crippen molar-refractivity contribution in [2.45, 2.75) is 13.1 Å². The zero-order chi connectivity index (χ0) is 17.3. The highest BCUT2D eigenvalue weighted by atomic mass is 16.7. The molecule has 1 saturated heterocycles. The molecule has 2 aromatic rings. The molecule has 0 spiro atoms. The summed E-state index contributed by atoms with van der Waals surface area (Å²) in [6, 6.07) is 12.6. The summed E-state index contributed by atoms with van der Waals surface area (Å²) in [6.07, 6.45) is 0. The molecule has 0 bridgehead atoms. The lowest BCUT2D eigenvalue weighted by Gasteiger charge is -2.29. The Labute approximate surface area is 152 Å². The largest absolute Gasteiger partial charge is 0.454 e. The SMILES string of the molecule is c1cc2c(cc1C[NH+]1CC[NH+](Cc3ccc4c(c3)OCO4)CC1)OCO2. The van der Waals surface area contributed by atoms with Crippen LogP contribution in [0.4, 0.5) is 0 Å². The highest BCUT2D eigenvalue weighted by molar-refractivity contribution is 5.45. The molecule has 0 saturated carbocycles. The molecule has 0 aliphatic carbocycles. The molecule has 26 heavy (non-hydrogen) atoms.